The molecule has 1 aliphatic heterocycles. The Bertz CT molecular complexity index is 121. The lowest BCUT2D eigenvalue weighted by molar-refractivity contribution is 0.0660. The molecule has 1 saturated heterocycles. The summed E-state index contributed by atoms with van der Waals surface area (Å²) in [6, 6.07) is 0.650. The van der Waals surface area contributed by atoms with Crippen molar-refractivity contribution in [3.63, 3.8) is 0 Å². The van der Waals surface area contributed by atoms with Crippen LogP contribution >= 0.6 is 0 Å². The van der Waals surface area contributed by atoms with Crippen LogP contribution in [0.15, 0.2) is 0 Å². The van der Waals surface area contributed by atoms with E-state index in [1.54, 1.807) is 0 Å². The lowest BCUT2D eigenvalue weighted by atomic mass is 9.85. The number of hydrogen-bond acceptors (Lipinski definition) is 2. The van der Waals surface area contributed by atoms with E-state index in [9.17, 15) is 0 Å². The van der Waals surface area contributed by atoms with Gasteiger partial charge in [-0.2, -0.15) is 0 Å². The van der Waals surface area contributed by atoms with Crippen LogP contribution in [0, 0.1) is 5.92 Å². The van der Waals surface area contributed by atoms with E-state index >= 15 is 0 Å². The molecule has 0 aromatic carbocycles. The molecule has 0 spiro atoms. The van der Waals surface area contributed by atoms with Gasteiger partial charge in [-0.05, 0) is 12.3 Å². The molecule has 1 aliphatic carbocycles. The third-order valence-corrected chi connectivity index (χ3v) is 3.34. The van der Waals surface area contributed by atoms with Gasteiger partial charge in [0, 0.05) is 12.6 Å². The minimum absolute atomic E-state index is 0.650. The molecule has 76 valence electrons. The van der Waals surface area contributed by atoms with Crippen molar-refractivity contribution in [2.75, 3.05) is 19.8 Å². The van der Waals surface area contributed by atoms with Gasteiger partial charge in [0.2, 0.25) is 0 Å². The molecule has 2 nitrogen and oxygen atoms in total. The first-order valence-corrected chi connectivity index (χ1v) is 5.76. The first kappa shape index (κ1) is 9.47. The fraction of sp³-hybridized carbons (Fsp3) is 1.00. The second-order valence-corrected chi connectivity index (χ2v) is 4.47. The Morgan fingerprint density at radius 3 is 2.69 bits per heavy atom. The predicted molar refractivity (Wildman–Crippen MR) is 53.8 cm³/mol. The normalized spacial score (nSPS) is 31.8. The van der Waals surface area contributed by atoms with Crippen LogP contribution in [0.3, 0.4) is 0 Å². The van der Waals surface area contributed by atoms with E-state index in [0.717, 1.165) is 25.7 Å². The van der Waals surface area contributed by atoms with Crippen molar-refractivity contribution in [1.29, 1.82) is 0 Å². The van der Waals surface area contributed by atoms with Crippen molar-refractivity contribution in [2.45, 2.75) is 44.6 Å². The molecule has 0 aromatic rings. The zero-order valence-corrected chi connectivity index (χ0v) is 8.43. The fourth-order valence-electron chi connectivity index (χ4n) is 2.60. The Labute approximate surface area is 81.0 Å². The molecule has 2 heteroatoms. The van der Waals surface area contributed by atoms with Gasteiger partial charge in [-0.25, -0.2) is 0 Å². The van der Waals surface area contributed by atoms with Crippen molar-refractivity contribution in [2.24, 2.45) is 5.92 Å². The largest absolute Gasteiger partial charge is 0.379 e. The second kappa shape index (κ2) is 4.97. The number of hydrogen-bond donors (Lipinski definition) is 1. The van der Waals surface area contributed by atoms with Crippen molar-refractivity contribution < 1.29 is 4.74 Å². The Kier molecular flexibility index (Phi) is 3.62. The summed E-state index contributed by atoms with van der Waals surface area (Å²) >= 11 is 0. The molecule has 1 atom stereocenters. The summed E-state index contributed by atoms with van der Waals surface area (Å²) < 4.78 is 5.46. The van der Waals surface area contributed by atoms with Gasteiger partial charge in [0.05, 0.1) is 13.2 Å². The number of ether oxygens (including phenoxy) is 1. The quantitative estimate of drug-likeness (QED) is 0.706. The summed E-state index contributed by atoms with van der Waals surface area (Å²) in [5.41, 5.74) is 0. The molecule has 0 amide bonds. The molecule has 1 unspecified atom stereocenters. The Hall–Kier alpha value is -0.0800. The van der Waals surface area contributed by atoms with Gasteiger partial charge in [0.1, 0.15) is 0 Å². The summed E-state index contributed by atoms with van der Waals surface area (Å²) in [4.78, 5) is 0. The van der Waals surface area contributed by atoms with E-state index in [1.165, 1.54) is 38.5 Å². The van der Waals surface area contributed by atoms with Crippen molar-refractivity contribution in [1.82, 2.24) is 5.32 Å². The molecular weight excluding hydrogens is 162 g/mol. The molecule has 0 aromatic heterocycles. The van der Waals surface area contributed by atoms with Crippen LogP contribution in [0.4, 0.5) is 0 Å². The Morgan fingerprint density at radius 2 is 2.00 bits per heavy atom. The predicted octanol–water partition coefficient (Wildman–Crippen LogP) is 1.95. The molecule has 13 heavy (non-hydrogen) atoms. The van der Waals surface area contributed by atoms with Crippen LogP contribution in [-0.4, -0.2) is 25.8 Å². The molecule has 1 saturated carbocycles. The lowest BCUT2D eigenvalue weighted by Gasteiger charge is -2.29. The minimum atomic E-state index is 0.650. The number of nitrogens with one attached hydrogen (secondary N) is 1. The third kappa shape index (κ3) is 2.96. The van der Waals surface area contributed by atoms with E-state index in [1.807, 2.05) is 0 Å². The molecule has 1 heterocycles. The average Bonchev–Trinajstić information content (AvgIpc) is 2.21. The highest BCUT2D eigenvalue weighted by atomic mass is 16.5. The van der Waals surface area contributed by atoms with Gasteiger partial charge in [-0.1, -0.05) is 32.1 Å². The SMILES string of the molecule is C1CCC(CC2COCCN2)CC1. The Balaban J connectivity index is 1.69. The Morgan fingerprint density at radius 1 is 1.15 bits per heavy atom. The van der Waals surface area contributed by atoms with Crippen LogP contribution < -0.4 is 5.32 Å². The molecule has 2 aliphatic rings. The van der Waals surface area contributed by atoms with Crippen molar-refractivity contribution >= 4 is 0 Å². The van der Waals surface area contributed by atoms with Crippen molar-refractivity contribution in [3.05, 3.63) is 0 Å². The average molecular weight is 183 g/mol. The van der Waals surface area contributed by atoms with Gasteiger partial charge >= 0.3 is 0 Å². The van der Waals surface area contributed by atoms with Crippen LogP contribution in [0.2, 0.25) is 0 Å². The van der Waals surface area contributed by atoms with E-state index in [-0.39, 0.29) is 0 Å². The summed E-state index contributed by atoms with van der Waals surface area (Å²) in [6.07, 6.45) is 8.64. The zero-order chi connectivity index (χ0) is 8.93. The van der Waals surface area contributed by atoms with E-state index < -0.39 is 0 Å². The maximum absolute atomic E-state index is 5.46. The van der Waals surface area contributed by atoms with Gasteiger partial charge in [-0.3, -0.25) is 0 Å². The summed E-state index contributed by atoms with van der Waals surface area (Å²) in [6.45, 7) is 2.90. The van der Waals surface area contributed by atoms with Crippen molar-refractivity contribution in [3.8, 4) is 0 Å². The van der Waals surface area contributed by atoms with Crippen LogP contribution in [0.1, 0.15) is 38.5 Å². The minimum Gasteiger partial charge on any atom is -0.379 e. The molecule has 0 radical (unpaired) electrons. The van der Waals surface area contributed by atoms with E-state index in [2.05, 4.69) is 5.32 Å². The lowest BCUT2D eigenvalue weighted by Crippen LogP contribution is -2.42. The zero-order valence-electron chi connectivity index (χ0n) is 8.43. The van der Waals surface area contributed by atoms with Gasteiger partial charge in [0.15, 0.2) is 0 Å². The standard InChI is InChI=1S/C11H21NO/c1-2-4-10(5-3-1)8-11-9-13-7-6-12-11/h10-12H,1-9H2. The number of rotatable bonds is 2. The summed E-state index contributed by atoms with van der Waals surface area (Å²) in [5, 5.41) is 3.54. The highest BCUT2D eigenvalue weighted by Crippen LogP contribution is 2.27. The molecule has 1 N–H and O–H groups in total. The first-order chi connectivity index (χ1) is 6.45. The molecule has 2 rings (SSSR count). The van der Waals surface area contributed by atoms with Gasteiger partial charge < -0.3 is 10.1 Å². The van der Waals surface area contributed by atoms with E-state index in [0.29, 0.717) is 6.04 Å². The van der Waals surface area contributed by atoms with Crippen LogP contribution in [0.25, 0.3) is 0 Å². The maximum atomic E-state index is 5.46. The highest BCUT2D eigenvalue weighted by molar-refractivity contribution is 4.76. The van der Waals surface area contributed by atoms with Crippen LogP contribution in [0.5, 0.6) is 0 Å². The smallest absolute Gasteiger partial charge is 0.0620 e. The van der Waals surface area contributed by atoms with E-state index in [4.69, 9.17) is 4.74 Å². The molecule has 2 fully saturated rings. The first-order valence-electron chi connectivity index (χ1n) is 5.76. The van der Waals surface area contributed by atoms with Gasteiger partial charge in [-0.15, -0.1) is 0 Å². The topological polar surface area (TPSA) is 21.3 Å². The second-order valence-electron chi connectivity index (χ2n) is 4.47. The monoisotopic (exact) mass is 183 g/mol. The number of morpholine rings is 1. The molecular formula is C11H21NO. The summed E-state index contributed by atoms with van der Waals surface area (Å²) in [5.74, 6) is 0.980. The fourth-order valence-corrected chi connectivity index (χ4v) is 2.60. The molecule has 0 bridgehead atoms. The summed E-state index contributed by atoms with van der Waals surface area (Å²) in [7, 11) is 0. The third-order valence-electron chi connectivity index (χ3n) is 3.34. The maximum Gasteiger partial charge on any atom is 0.0620 e. The van der Waals surface area contributed by atoms with Crippen LogP contribution in [-0.2, 0) is 4.74 Å². The highest BCUT2D eigenvalue weighted by Gasteiger charge is 2.20. The van der Waals surface area contributed by atoms with Gasteiger partial charge in [0.25, 0.3) is 0 Å².